The van der Waals surface area contributed by atoms with Crippen molar-refractivity contribution in [3.8, 4) is 16.9 Å². The molecule has 1 aromatic heterocycles. The molecule has 0 unspecified atom stereocenters. The van der Waals surface area contributed by atoms with E-state index in [9.17, 15) is 18.0 Å². The fourth-order valence-corrected chi connectivity index (χ4v) is 3.04. The van der Waals surface area contributed by atoms with Crippen LogP contribution >= 0.6 is 0 Å². The zero-order valence-electron chi connectivity index (χ0n) is 17.3. The number of benzene rings is 2. The highest BCUT2D eigenvalue weighted by Crippen LogP contribution is 2.25. The van der Waals surface area contributed by atoms with Gasteiger partial charge in [-0.3, -0.25) is 4.68 Å². The first-order valence-electron chi connectivity index (χ1n) is 9.62. The average Bonchev–Trinajstić information content (AvgIpc) is 3.13. The fourth-order valence-electron chi connectivity index (χ4n) is 3.04. The molecular weight excluding hydrogens is 409 g/mol. The molecule has 0 spiro atoms. The molecule has 0 radical (unpaired) electrons. The Balaban J connectivity index is 1.70. The van der Waals surface area contributed by atoms with Crippen molar-refractivity contribution in [2.24, 2.45) is 7.05 Å². The predicted octanol–water partition coefficient (Wildman–Crippen LogP) is 5.43. The van der Waals surface area contributed by atoms with Crippen molar-refractivity contribution in [3.63, 3.8) is 0 Å². The quantitative estimate of drug-likeness (QED) is 0.565. The van der Waals surface area contributed by atoms with Crippen LogP contribution in [0.1, 0.15) is 19.4 Å². The van der Waals surface area contributed by atoms with Gasteiger partial charge in [-0.1, -0.05) is 18.2 Å². The van der Waals surface area contributed by atoms with Crippen LogP contribution in [-0.4, -0.2) is 33.1 Å². The van der Waals surface area contributed by atoms with Gasteiger partial charge in [0.05, 0.1) is 6.20 Å². The summed E-state index contributed by atoms with van der Waals surface area (Å²) in [7, 11) is 1.85. The Labute approximate surface area is 178 Å². The van der Waals surface area contributed by atoms with Gasteiger partial charge >= 0.3 is 12.4 Å². The number of ether oxygens (including phenoxy) is 1. The van der Waals surface area contributed by atoms with Crippen LogP contribution in [0.4, 0.5) is 23.7 Å². The molecule has 1 N–H and O–H groups in total. The van der Waals surface area contributed by atoms with Crippen LogP contribution in [0.3, 0.4) is 0 Å². The van der Waals surface area contributed by atoms with Crippen LogP contribution in [0.25, 0.3) is 11.1 Å². The Morgan fingerprint density at radius 1 is 1.16 bits per heavy atom. The van der Waals surface area contributed by atoms with E-state index in [0.717, 1.165) is 28.8 Å². The first kappa shape index (κ1) is 22.2. The molecule has 0 saturated heterocycles. The molecule has 0 saturated carbocycles. The number of nitrogens with one attached hydrogen (secondary N) is 1. The largest absolute Gasteiger partial charge is 0.573 e. The third kappa shape index (κ3) is 6.24. The Kier molecular flexibility index (Phi) is 6.53. The van der Waals surface area contributed by atoms with Gasteiger partial charge in [0.25, 0.3) is 0 Å². The van der Waals surface area contributed by atoms with E-state index < -0.39 is 6.36 Å². The van der Waals surface area contributed by atoms with Gasteiger partial charge in [-0.25, -0.2) is 4.79 Å². The normalized spacial score (nSPS) is 11.5. The average molecular weight is 432 g/mol. The summed E-state index contributed by atoms with van der Waals surface area (Å²) in [6.45, 7) is 4.16. The zero-order valence-corrected chi connectivity index (χ0v) is 17.3. The number of halogens is 3. The molecule has 3 aromatic rings. The smallest absolute Gasteiger partial charge is 0.406 e. The highest BCUT2D eigenvalue weighted by atomic mass is 19.4. The van der Waals surface area contributed by atoms with Crippen LogP contribution in [0.5, 0.6) is 5.75 Å². The maximum Gasteiger partial charge on any atom is 0.573 e. The third-order valence-electron chi connectivity index (χ3n) is 4.54. The van der Waals surface area contributed by atoms with Crippen molar-refractivity contribution in [2.75, 3.05) is 5.32 Å². The molecule has 2 aromatic carbocycles. The Bertz CT molecular complexity index is 1030. The number of hydrogen-bond acceptors (Lipinski definition) is 3. The molecule has 0 bridgehead atoms. The van der Waals surface area contributed by atoms with Crippen molar-refractivity contribution in [1.82, 2.24) is 14.7 Å². The van der Waals surface area contributed by atoms with E-state index in [1.54, 1.807) is 15.8 Å². The number of amides is 2. The summed E-state index contributed by atoms with van der Waals surface area (Å²) in [4.78, 5) is 14.5. The summed E-state index contributed by atoms with van der Waals surface area (Å²) >= 11 is 0. The molecule has 9 heteroatoms. The monoisotopic (exact) mass is 432 g/mol. The first-order chi connectivity index (χ1) is 14.6. The van der Waals surface area contributed by atoms with Gasteiger partial charge in [0.2, 0.25) is 0 Å². The Morgan fingerprint density at radius 2 is 1.87 bits per heavy atom. The number of aromatic nitrogens is 2. The van der Waals surface area contributed by atoms with E-state index in [1.165, 1.54) is 12.1 Å². The van der Waals surface area contributed by atoms with Gasteiger partial charge in [-0.15, -0.1) is 13.2 Å². The minimum Gasteiger partial charge on any atom is -0.406 e. The lowest BCUT2D eigenvalue weighted by atomic mass is 10.1. The van der Waals surface area contributed by atoms with E-state index in [1.807, 2.05) is 51.4 Å². The Hall–Kier alpha value is -3.49. The lowest BCUT2D eigenvalue weighted by molar-refractivity contribution is -0.274. The lowest BCUT2D eigenvalue weighted by Gasteiger charge is -2.27. The molecule has 164 valence electrons. The highest BCUT2D eigenvalue weighted by Gasteiger charge is 2.31. The van der Waals surface area contributed by atoms with E-state index >= 15 is 0 Å². The van der Waals surface area contributed by atoms with E-state index in [2.05, 4.69) is 15.2 Å². The van der Waals surface area contributed by atoms with Crippen molar-refractivity contribution in [3.05, 3.63) is 66.5 Å². The number of rotatable bonds is 6. The minimum absolute atomic E-state index is 0.102. The van der Waals surface area contributed by atoms with Crippen LogP contribution in [-0.2, 0) is 13.6 Å². The molecule has 0 atom stereocenters. The van der Waals surface area contributed by atoms with E-state index in [0.29, 0.717) is 12.2 Å². The second kappa shape index (κ2) is 9.11. The molecular formula is C22H23F3N4O2. The number of aryl methyl sites for hydroxylation is 1. The van der Waals surface area contributed by atoms with Gasteiger partial charge in [-0.2, -0.15) is 5.10 Å². The van der Waals surface area contributed by atoms with Gasteiger partial charge in [0.1, 0.15) is 5.75 Å². The highest BCUT2D eigenvalue weighted by molar-refractivity contribution is 5.89. The number of carbonyl (C=O) groups excluding carboxylic acids is 1. The maximum absolute atomic E-state index is 12.8. The number of hydrogen-bond donors (Lipinski definition) is 1. The molecule has 31 heavy (non-hydrogen) atoms. The van der Waals surface area contributed by atoms with Crippen molar-refractivity contribution in [1.29, 1.82) is 0 Å². The number of urea groups is 1. The summed E-state index contributed by atoms with van der Waals surface area (Å²) in [6.07, 6.45) is -1.07. The second-order valence-corrected chi connectivity index (χ2v) is 7.33. The SMILES string of the molecule is CC(C)N(Cc1cccc(-c2cnn(C)c2)c1)C(=O)Nc1ccc(OC(F)(F)F)cc1. The van der Waals surface area contributed by atoms with Gasteiger partial charge in [0, 0.05) is 37.1 Å². The number of alkyl halides is 3. The molecule has 3 rings (SSSR count). The molecule has 0 aliphatic heterocycles. The number of nitrogens with zero attached hydrogens (tertiary/aromatic N) is 3. The van der Waals surface area contributed by atoms with Gasteiger partial charge < -0.3 is 15.0 Å². The first-order valence-corrected chi connectivity index (χ1v) is 9.62. The molecule has 1 heterocycles. The van der Waals surface area contributed by atoms with Crippen LogP contribution in [0, 0.1) is 0 Å². The summed E-state index contributed by atoms with van der Waals surface area (Å²) in [5.41, 5.74) is 3.29. The molecule has 0 fully saturated rings. The topological polar surface area (TPSA) is 59.4 Å². The van der Waals surface area contributed by atoms with Crippen LogP contribution in [0.15, 0.2) is 60.9 Å². The van der Waals surface area contributed by atoms with Crippen LogP contribution < -0.4 is 10.1 Å². The van der Waals surface area contributed by atoms with Crippen molar-refractivity contribution in [2.45, 2.75) is 32.8 Å². The van der Waals surface area contributed by atoms with Crippen molar-refractivity contribution < 1.29 is 22.7 Å². The fraction of sp³-hybridized carbons (Fsp3) is 0.273. The molecule has 0 aliphatic rings. The minimum atomic E-state index is -4.76. The zero-order chi connectivity index (χ0) is 22.6. The van der Waals surface area contributed by atoms with Gasteiger partial charge in [-0.05, 0) is 55.3 Å². The van der Waals surface area contributed by atoms with Crippen LogP contribution in [0.2, 0.25) is 0 Å². The lowest BCUT2D eigenvalue weighted by Crippen LogP contribution is -2.39. The number of carbonyl (C=O) groups is 1. The Morgan fingerprint density at radius 3 is 2.45 bits per heavy atom. The van der Waals surface area contributed by atoms with Crippen molar-refractivity contribution >= 4 is 11.7 Å². The summed E-state index contributed by atoms with van der Waals surface area (Å²) in [6, 6.07) is 12.4. The van der Waals surface area contributed by atoms with E-state index in [-0.39, 0.29) is 17.8 Å². The standard InChI is InChI=1S/C22H23F3N4O2/c1-15(2)29(13-16-5-4-6-17(11-16)18-12-26-28(3)14-18)21(30)27-19-7-9-20(10-8-19)31-22(23,24)25/h4-12,14-15H,13H2,1-3H3,(H,27,30). The summed E-state index contributed by atoms with van der Waals surface area (Å²) in [5, 5.41) is 6.90. The molecule has 0 aliphatic carbocycles. The molecule has 6 nitrogen and oxygen atoms in total. The number of anilines is 1. The summed E-state index contributed by atoms with van der Waals surface area (Å²) < 4.78 is 42.4. The summed E-state index contributed by atoms with van der Waals surface area (Å²) in [5.74, 6) is -0.349. The third-order valence-corrected chi connectivity index (χ3v) is 4.54. The predicted molar refractivity (Wildman–Crippen MR) is 111 cm³/mol. The van der Waals surface area contributed by atoms with Gasteiger partial charge in [0.15, 0.2) is 0 Å². The second-order valence-electron chi connectivity index (χ2n) is 7.33. The molecule has 2 amide bonds. The van der Waals surface area contributed by atoms with E-state index in [4.69, 9.17) is 0 Å². The maximum atomic E-state index is 12.8.